The quantitative estimate of drug-likeness (QED) is 0.902. The number of carbonyl (C=O) groups is 1. The Morgan fingerprint density at radius 3 is 2.87 bits per heavy atom. The van der Waals surface area contributed by atoms with Crippen LogP contribution in [-0.4, -0.2) is 28.8 Å². The maximum Gasteiger partial charge on any atom is 0.229 e. The summed E-state index contributed by atoms with van der Waals surface area (Å²) in [6.45, 7) is 3.05. The highest BCUT2D eigenvalue weighted by molar-refractivity contribution is 5.93. The molecule has 1 saturated heterocycles. The lowest BCUT2D eigenvalue weighted by Crippen LogP contribution is -2.28. The third-order valence-electron chi connectivity index (χ3n) is 4.14. The zero-order valence-corrected chi connectivity index (χ0v) is 13.9. The molecule has 2 heterocycles. The lowest BCUT2D eigenvalue weighted by Gasteiger charge is -2.17. The van der Waals surface area contributed by atoms with Crippen LogP contribution in [0.2, 0.25) is 0 Å². The van der Waals surface area contributed by atoms with Gasteiger partial charge in [0.1, 0.15) is 5.82 Å². The molecule has 2 aromatic rings. The number of carbonyl (C=O) groups excluding carboxylic acids is 1. The lowest BCUT2D eigenvalue weighted by molar-refractivity contribution is -0.119. The molecule has 0 radical (unpaired) electrons. The average Bonchev–Trinajstić information content (AvgIpc) is 3.11. The highest BCUT2D eigenvalue weighted by Gasteiger charge is 2.34. The Bertz CT molecular complexity index is 703. The second-order valence-corrected chi connectivity index (χ2v) is 5.77. The van der Waals surface area contributed by atoms with Gasteiger partial charge in [-0.3, -0.25) is 9.48 Å². The van der Waals surface area contributed by atoms with E-state index in [0.29, 0.717) is 17.8 Å². The Labute approximate surface area is 140 Å². The Morgan fingerprint density at radius 1 is 1.43 bits per heavy atom. The van der Waals surface area contributed by atoms with Gasteiger partial charge in [0.15, 0.2) is 0 Å². The number of aromatic nitrogens is 2. The van der Waals surface area contributed by atoms with Crippen LogP contribution in [0.25, 0.3) is 0 Å². The molecule has 5 nitrogen and oxygen atoms in total. The Morgan fingerprint density at radius 2 is 2.22 bits per heavy atom. The van der Waals surface area contributed by atoms with Gasteiger partial charge in [0.2, 0.25) is 5.91 Å². The van der Waals surface area contributed by atoms with E-state index >= 15 is 0 Å². The number of amides is 1. The summed E-state index contributed by atoms with van der Waals surface area (Å²) in [6, 6.07) is 4.74. The van der Waals surface area contributed by atoms with Gasteiger partial charge in [-0.05, 0) is 30.2 Å². The SMILES string of the molecule is Cc1ccc(NC(=O)[C@H]2CNC[C@@H]2c2cnn(C)c2)cc1F.Cl. The first-order valence-corrected chi connectivity index (χ1v) is 7.31. The van der Waals surface area contributed by atoms with E-state index in [1.54, 1.807) is 29.9 Å². The molecule has 1 aromatic heterocycles. The molecule has 0 bridgehead atoms. The summed E-state index contributed by atoms with van der Waals surface area (Å²) in [5, 5.41) is 10.2. The molecule has 0 spiro atoms. The first-order chi connectivity index (χ1) is 10.5. The molecule has 23 heavy (non-hydrogen) atoms. The number of rotatable bonds is 3. The molecule has 2 atom stereocenters. The molecule has 1 aromatic carbocycles. The van der Waals surface area contributed by atoms with Gasteiger partial charge >= 0.3 is 0 Å². The monoisotopic (exact) mass is 338 g/mol. The number of hydrogen-bond donors (Lipinski definition) is 2. The molecule has 1 aliphatic rings. The molecule has 3 rings (SSSR count). The molecule has 0 aliphatic carbocycles. The van der Waals surface area contributed by atoms with Crippen molar-refractivity contribution in [1.29, 1.82) is 0 Å². The number of nitrogens with zero attached hydrogens (tertiary/aromatic N) is 2. The first kappa shape index (κ1) is 17.4. The second-order valence-electron chi connectivity index (χ2n) is 5.77. The number of nitrogens with one attached hydrogen (secondary N) is 2. The Balaban J connectivity index is 0.00000192. The van der Waals surface area contributed by atoms with Crippen LogP contribution < -0.4 is 10.6 Å². The lowest BCUT2D eigenvalue weighted by atomic mass is 9.90. The van der Waals surface area contributed by atoms with Gasteiger partial charge in [-0.15, -0.1) is 12.4 Å². The van der Waals surface area contributed by atoms with E-state index in [9.17, 15) is 9.18 Å². The second kappa shape index (κ2) is 7.10. The largest absolute Gasteiger partial charge is 0.326 e. The summed E-state index contributed by atoms with van der Waals surface area (Å²) in [4.78, 5) is 12.5. The van der Waals surface area contributed by atoms with Crippen molar-refractivity contribution in [3.8, 4) is 0 Å². The fraction of sp³-hybridized carbons (Fsp3) is 0.375. The fourth-order valence-corrected chi connectivity index (χ4v) is 2.84. The summed E-state index contributed by atoms with van der Waals surface area (Å²) in [6.07, 6.45) is 3.73. The molecular formula is C16H20ClFN4O. The van der Waals surface area contributed by atoms with Crippen LogP contribution in [0.15, 0.2) is 30.6 Å². The van der Waals surface area contributed by atoms with E-state index in [0.717, 1.165) is 12.1 Å². The number of anilines is 1. The third kappa shape index (κ3) is 3.71. The maximum atomic E-state index is 13.6. The smallest absolute Gasteiger partial charge is 0.229 e. The van der Waals surface area contributed by atoms with Crippen molar-refractivity contribution < 1.29 is 9.18 Å². The predicted molar refractivity (Wildman–Crippen MR) is 89.3 cm³/mol. The topological polar surface area (TPSA) is 59.0 Å². The molecule has 1 fully saturated rings. The molecule has 0 unspecified atom stereocenters. The summed E-state index contributed by atoms with van der Waals surface area (Å²) in [5.41, 5.74) is 2.10. The van der Waals surface area contributed by atoms with Crippen molar-refractivity contribution >= 4 is 24.0 Å². The van der Waals surface area contributed by atoms with Gasteiger partial charge < -0.3 is 10.6 Å². The molecule has 124 valence electrons. The standard InChI is InChI=1S/C16H19FN4O.ClH/c1-10-3-4-12(5-15(10)17)20-16(22)14-8-18-7-13(14)11-6-19-21(2)9-11;/h3-6,9,13-14,18H,7-8H2,1-2H3,(H,20,22);1H/t13-,14+;/m1./s1. The number of halogens is 2. The van der Waals surface area contributed by atoms with Crippen molar-refractivity contribution in [2.24, 2.45) is 13.0 Å². The van der Waals surface area contributed by atoms with Crippen LogP contribution in [0.5, 0.6) is 0 Å². The van der Waals surface area contributed by atoms with E-state index in [2.05, 4.69) is 15.7 Å². The molecule has 2 N–H and O–H groups in total. The first-order valence-electron chi connectivity index (χ1n) is 7.31. The van der Waals surface area contributed by atoms with Gasteiger partial charge in [0.25, 0.3) is 0 Å². The number of hydrogen-bond acceptors (Lipinski definition) is 3. The highest BCUT2D eigenvalue weighted by Crippen LogP contribution is 2.29. The van der Waals surface area contributed by atoms with Gasteiger partial charge in [-0.25, -0.2) is 4.39 Å². The average molecular weight is 339 g/mol. The van der Waals surface area contributed by atoms with Crippen molar-refractivity contribution in [3.63, 3.8) is 0 Å². The number of aryl methyl sites for hydroxylation is 2. The van der Waals surface area contributed by atoms with E-state index in [4.69, 9.17) is 0 Å². The van der Waals surface area contributed by atoms with Crippen LogP contribution in [-0.2, 0) is 11.8 Å². The summed E-state index contributed by atoms with van der Waals surface area (Å²) >= 11 is 0. The predicted octanol–water partition coefficient (Wildman–Crippen LogP) is 2.23. The molecule has 1 amide bonds. The Hall–Kier alpha value is -1.92. The molecule has 7 heteroatoms. The minimum Gasteiger partial charge on any atom is -0.326 e. The van der Waals surface area contributed by atoms with Gasteiger partial charge in [-0.1, -0.05) is 6.07 Å². The minimum atomic E-state index is -0.314. The van der Waals surface area contributed by atoms with E-state index in [1.807, 2.05) is 13.2 Å². The molecule has 1 aliphatic heterocycles. The van der Waals surface area contributed by atoms with E-state index in [-0.39, 0.29) is 36.0 Å². The van der Waals surface area contributed by atoms with Crippen LogP contribution in [0.1, 0.15) is 17.0 Å². The van der Waals surface area contributed by atoms with E-state index in [1.165, 1.54) is 6.07 Å². The van der Waals surface area contributed by atoms with Crippen molar-refractivity contribution in [2.45, 2.75) is 12.8 Å². The minimum absolute atomic E-state index is 0. The molecule has 0 saturated carbocycles. The van der Waals surface area contributed by atoms with Gasteiger partial charge in [0, 0.05) is 37.9 Å². The number of benzene rings is 1. The fourth-order valence-electron chi connectivity index (χ4n) is 2.84. The summed E-state index contributed by atoms with van der Waals surface area (Å²) < 4.78 is 15.3. The Kier molecular flexibility index (Phi) is 5.38. The van der Waals surface area contributed by atoms with Gasteiger partial charge in [0.05, 0.1) is 12.1 Å². The van der Waals surface area contributed by atoms with Crippen molar-refractivity contribution in [2.75, 3.05) is 18.4 Å². The van der Waals surface area contributed by atoms with E-state index < -0.39 is 0 Å². The van der Waals surface area contributed by atoms with Gasteiger partial charge in [-0.2, -0.15) is 5.10 Å². The third-order valence-corrected chi connectivity index (χ3v) is 4.14. The van der Waals surface area contributed by atoms with Crippen LogP contribution >= 0.6 is 12.4 Å². The molecular weight excluding hydrogens is 319 g/mol. The zero-order chi connectivity index (χ0) is 15.7. The van der Waals surface area contributed by atoms with Crippen molar-refractivity contribution in [3.05, 3.63) is 47.5 Å². The van der Waals surface area contributed by atoms with Crippen molar-refractivity contribution in [1.82, 2.24) is 15.1 Å². The normalized spacial score (nSPS) is 20.1. The summed E-state index contributed by atoms with van der Waals surface area (Å²) in [7, 11) is 1.86. The zero-order valence-electron chi connectivity index (χ0n) is 13.0. The van der Waals surface area contributed by atoms with Crippen LogP contribution in [0.3, 0.4) is 0 Å². The maximum absolute atomic E-state index is 13.6. The van der Waals surface area contributed by atoms with Crippen LogP contribution in [0.4, 0.5) is 10.1 Å². The summed E-state index contributed by atoms with van der Waals surface area (Å²) in [5.74, 6) is -0.508. The highest BCUT2D eigenvalue weighted by atomic mass is 35.5. The van der Waals surface area contributed by atoms with Crippen LogP contribution in [0, 0.1) is 18.7 Å².